The topological polar surface area (TPSA) is 93.5 Å². The maximum absolute atomic E-state index is 11.3. The molecule has 2 amide bonds. The molecule has 22 heavy (non-hydrogen) atoms. The number of carbonyl (C=O) groups is 2. The molecule has 0 spiro atoms. The van der Waals surface area contributed by atoms with E-state index in [9.17, 15) is 9.59 Å². The van der Waals surface area contributed by atoms with E-state index in [4.69, 9.17) is 10.5 Å². The van der Waals surface area contributed by atoms with Gasteiger partial charge in [0.2, 0.25) is 11.8 Å². The Bertz CT molecular complexity index is 429. The van der Waals surface area contributed by atoms with Crippen LogP contribution in [0.15, 0.2) is 30.3 Å². The highest BCUT2D eigenvalue weighted by Crippen LogP contribution is 2.01. The van der Waals surface area contributed by atoms with Gasteiger partial charge in [0, 0.05) is 13.2 Å². The van der Waals surface area contributed by atoms with Gasteiger partial charge in [-0.1, -0.05) is 30.3 Å². The second-order valence-electron chi connectivity index (χ2n) is 4.58. The molecule has 0 saturated heterocycles. The summed E-state index contributed by atoms with van der Waals surface area (Å²) < 4.78 is 5.54. The Morgan fingerprint density at radius 2 is 1.77 bits per heavy atom. The number of ether oxygens (including phenoxy) is 1. The number of nitrogens with one attached hydrogen (secondary N) is 2. The van der Waals surface area contributed by atoms with Crippen molar-refractivity contribution in [1.82, 2.24) is 10.6 Å². The summed E-state index contributed by atoms with van der Waals surface area (Å²) in [6.07, 6.45) is 1.72. The van der Waals surface area contributed by atoms with Crippen LogP contribution in [-0.4, -0.2) is 38.1 Å². The number of unbranched alkanes of at least 4 members (excludes halogenated alkanes) is 1. The predicted molar refractivity (Wildman–Crippen MR) is 87.7 cm³/mol. The smallest absolute Gasteiger partial charge is 0.239 e. The lowest BCUT2D eigenvalue weighted by molar-refractivity contribution is -0.125. The van der Waals surface area contributed by atoms with Gasteiger partial charge in [-0.25, -0.2) is 0 Å². The minimum atomic E-state index is -0.334. The number of rotatable bonds is 10. The van der Waals surface area contributed by atoms with E-state index in [1.165, 1.54) is 0 Å². The van der Waals surface area contributed by atoms with Gasteiger partial charge >= 0.3 is 0 Å². The van der Waals surface area contributed by atoms with Gasteiger partial charge in [0.15, 0.2) is 0 Å². The fourth-order valence-corrected chi connectivity index (χ4v) is 1.63. The van der Waals surface area contributed by atoms with E-state index in [1.54, 1.807) is 0 Å². The molecule has 0 aromatic heterocycles. The van der Waals surface area contributed by atoms with Crippen molar-refractivity contribution in [3.8, 4) is 0 Å². The summed E-state index contributed by atoms with van der Waals surface area (Å²) in [4.78, 5) is 22.2. The maximum atomic E-state index is 11.3. The number of hydrogen-bond donors (Lipinski definition) is 3. The van der Waals surface area contributed by atoms with Gasteiger partial charge in [0.05, 0.1) is 19.7 Å². The van der Waals surface area contributed by atoms with Crippen molar-refractivity contribution in [2.24, 2.45) is 5.73 Å². The quantitative estimate of drug-likeness (QED) is 0.548. The van der Waals surface area contributed by atoms with Crippen molar-refractivity contribution >= 4 is 24.2 Å². The van der Waals surface area contributed by atoms with Gasteiger partial charge in [-0.2, -0.15) is 0 Å². The lowest BCUT2D eigenvalue weighted by Crippen LogP contribution is -2.39. The van der Waals surface area contributed by atoms with Crippen molar-refractivity contribution in [2.75, 3.05) is 26.2 Å². The molecule has 0 saturated carbocycles. The monoisotopic (exact) mass is 329 g/mol. The largest absolute Gasteiger partial charge is 0.377 e. The highest BCUT2D eigenvalue weighted by atomic mass is 35.5. The minimum Gasteiger partial charge on any atom is -0.377 e. The number of nitrogens with two attached hydrogens (primary N) is 1. The summed E-state index contributed by atoms with van der Waals surface area (Å²) in [6, 6.07) is 9.99. The molecule has 1 rings (SSSR count). The first-order valence-electron chi connectivity index (χ1n) is 7.07. The first-order valence-corrected chi connectivity index (χ1v) is 7.07. The normalized spacial score (nSPS) is 9.68. The average Bonchev–Trinajstić information content (AvgIpc) is 2.52. The Labute approximate surface area is 137 Å². The number of amides is 2. The van der Waals surface area contributed by atoms with Gasteiger partial charge < -0.3 is 21.1 Å². The van der Waals surface area contributed by atoms with Crippen molar-refractivity contribution in [2.45, 2.75) is 19.4 Å². The third kappa shape index (κ3) is 10.1. The number of halogens is 1. The second-order valence-corrected chi connectivity index (χ2v) is 4.58. The Hall–Kier alpha value is -1.63. The molecule has 1 aromatic carbocycles. The molecule has 1 aromatic rings. The highest BCUT2D eigenvalue weighted by molar-refractivity contribution is 5.85. The molecule has 7 heteroatoms. The fraction of sp³-hybridized carbons (Fsp3) is 0.467. The van der Waals surface area contributed by atoms with Crippen LogP contribution in [0.5, 0.6) is 0 Å². The number of benzene rings is 1. The first-order chi connectivity index (χ1) is 10.2. The van der Waals surface area contributed by atoms with Crippen LogP contribution in [0.4, 0.5) is 0 Å². The van der Waals surface area contributed by atoms with Crippen LogP contribution in [0.25, 0.3) is 0 Å². The molecule has 0 bridgehead atoms. The zero-order valence-electron chi connectivity index (χ0n) is 12.5. The Morgan fingerprint density at radius 1 is 1.05 bits per heavy atom. The standard InChI is InChI=1S/C15H23N3O3.ClH/c16-10-14(19)18-11-15(20)17-8-4-5-9-21-12-13-6-2-1-3-7-13;/h1-3,6-7H,4-5,8-12,16H2,(H,17,20)(H,18,19);1H. The summed E-state index contributed by atoms with van der Waals surface area (Å²) in [7, 11) is 0. The third-order valence-electron chi connectivity index (χ3n) is 2.78. The van der Waals surface area contributed by atoms with Crippen LogP contribution in [0.2, 0.25) is 0 Å². The SMILES string of the molecule is Cl.NCC(=O)NCC(=O)NCCCCOCc1ccccc1. The Kier molecular flexibility index (Phi) is 12.1. The van der Waals surface area contributed by atoms with Gasteiger partial charge in [-0.05, 0) is 18.4 Å². The summed E-state index contributed by atoms with van der Waals surface area (Å²) in [6.45, 7) is 1.71. The Morgan fingerprint density at radius 3 is 2.45 bits per heavy atom. The number of carbonyl (C=O) groups excluding carboxylic acids is 2. The summed E-state index contributed by atoms with van der Waals surface area (Å²) in [5, 5.41) is 5.13. The summed E-state index contributed by atoms with van der Waals surface area (Å²) in [5.74, 6) is -0.540. The van der Waals surface area contributed by atoms with Crippen LogP contribution in [0.3, 0.4) is 0 Å². The van der Waals surface area contributed by atoms with Crippen LogP contribution in [-0.2, 0) is 20.9 Å². The maximum Gasteiger partial charge on any atom is 0.239 e. The average molecular weight is 330 g/mol. The molecule has 0 fully saturated rings. The first kappa shape index (κ1) is 20.4. The molecule has 124 valence electrons. The van der Waals surface area contributed by atoms with E-state index in [1.807, 2.05) is 30.3 Å². The molecular formula is C15H24ClN3O3. The predicted octanol–water partition coefficient (Wildman–Crippen LogP) is 0.596. The molecule has 0 aliphatic carbocycles. The second kappa shape index (κ2) is 13.1. The van der Waals surface area contributed by atoms with Gasteiger partial charge in [-0.15, -0.1) is 12.4 Å². The zero-order chi connectivity index (χ0) is 15.3. The molecule has 0 heterocycles. The Balaban J connectivity index is 0.00000441. The summed E-state index contributed by atoms with van der Waals surface area (Å²) >= 11 is 0. The molecule has 4 N–H and O–H groups in total. The lowest BCUT2D eigenvalue weighted by atomic mass is 10.2. The van der Waals surface area contributed by atoms with Crippen LogP contribution >= 0.6 is 12.4 Å². The minimum absolute atomic E-state index is 0. The zero-order valence-corrected chi connectivity index (χ0v) is 13.4. The van der Waals surface area contributed by atoms with Crippen molar-refractivity contribution in [3.63, 3.8) is 0 Å². The molecule has 0 unspecified atom stereocenters. The molecule has 0 aliphatic heterocycles. The van der Waals surface area contributed by atoms with E-state index in [-0.39, 0.29) is 37.3 Å². The molecular weight excluding hydrogens is 306 g/mol. The lowest BCUT2D eigenvalue weighted by Gasteiger charge is -2.07. The van der Waals surface area contributed by atoms with Gasteiger partial charge in [-0.3, -0.25) is 9.59 Å². The van der Waals surface area contributed by atoms with Crippen LogP contribution in [0, 0.1) is 0 Å². The number of hydrogen-bond acceptors (Lipinski definition) is 4. The molecule has 0 aliphatic rings. The molecule has 6 nitrogen and oxygen atoms in total. The highest BCUT2D eigenvalue weighted by Gasteiger charge is 2.02. The van der Waals surface area contributed by atoms with Crippen molar-refractivity contribution in [1.29, 1.82) is 0 Å². The molecule has 0 radical (unpaired) electrons. The van der Waals surface area contributed by atoms with Crippen molar-refractivity contribution in [3.05, 3.63) is 35.9 Å². The third-order valence-corrected chi connectivity index (χ3v) is 2.78. The van der Waals surface area contributed by atoms with E-state index in [0.717, 1.165) is 18.4 Å². The van der Waals surface area contributed by atoms with Crippen LogP contribution < -0.4 is 16.4 Å². The van der Waals surface area contributed by atoms with Gasteiger partial charge in [0.1, 0.15) is 0 Å². The van der Waals surface area contributed by atoms with Gasteiger partial charge in [0.25, 0.3) is 0 Å². The summed E-state index contributed by atoms with van der Waals surface area (Å²) in [5.41, 5.74) is 6.26. The van der Waals surface area contributed by atoms with E-state index in [0.29, 0.717) is 19.8 Å². The molecule has 0 atom stereocenters. The van der Waals surface area contributed by atoms with E-state index >= 15 is 0 Å². The van der Waals surface area contributed by atoms with E-state index < -0.39 is 0 Å². The van der Waals surface area contributed by atoms with Crippen molar-refractivity contribution < 1.29 is 14.3 Å². The van der Waals surface area contributed by atoms with E-state index in [2.05, 4.69) is 10.6 Å². The fourth-order valence-electron chi connectivity index (χ4n) is 1.63. The van der Waals surface area contributed by atoms with Crippen LogP contribution in [0.1, 0.15) is 18.4 Å².